The molecule has 16 heavy (non-hydrogen) atoms. The highest BCUT2D eigenvalue weighted by Crippen LogP contribution is 2.37. The summed E-state index contributed by atoms with van der Waals surface area (Å²) in [5.74, 6) is -0.397. The van der Waals surface area contributed by atoms with E-state index in [4.69, 9.17) is 5.26 Å². The second-order valence-electron chi connectivity index (χ2n) is 3.05. The zero-order valence-electron chi connectivity index (χ0n) is 8.02. The quantitative estimate of drug-likeness (QED) is 0.743. The summed E-state index contributed by atoms with van der Waals surface area (Å²) in [5, 5.41) is 8.63. The van der Waals surface area contributed by atoms with Gasteiger partial charge in [0.2, 0.25) is 0 Å². The van der Waals surface area contributed by atoms with Crippen molar-refractivity contribution in [3.05, 3.63) is 33.3 Å². The maximum absolute atomic E-state index is 12.6. The summed E-state index contributed by atoms with van der Waals surface area (Å²) in [6, 6.07) is 3.44. The van der Waals surface area contributed by atoms with E-state index in [9.17, 15) is 18.0 Å². The lowest BCUT2D eigenvalue weighted by atomic mass is 10.0. The average molecular weight is 292 g/mol. The van der Waals surface area contributed by atoms with Crippen LogP contribution in [0.4, 0.5) is 13.2 Å². The molecule has 0 N–H and O–H groups in total. The number of ketones is 1. The van der Waals surface area contributed by atoms with Gasteiger partial charge in [-0.15, -0.1) is 0 Å². The van der Waals surface area contributed by atoms with Crippen molar-refractivity contribution in [2.45, 2.75) is 13.1 Å². The third kappa shape index (κ3) is 2.42. The zero-order valence-corrected chi connectivity index (χ0v) is 9.61. The van der Waals surface area contributed by atoms with Gasteiger partial charge in [0.25, 0.3) is 0 Å². The van der Waals surface area contributed by atoms with Crippen molar-refractivity contribution >= 4 is 21.7 Å². The van der Waals surface area contributed by atoms with Gasteiger partial charge in [0.05, 0.1) is 17.2 Å². The Morgan fingerprint density at radius 3 is 2.38 bits per heavy atom. The van der Waals surface area contributed by atoms with E-state index in [0.29, 0.717) is 0 Å². The first-order valence-electron chi connectivity index (χ1n) is 4.09. The van der Waals surface area contributed by atoms with E-state index in [1.165, 1.54) is 13.0 Å². The molecule has 0 spiro atoms. The number of alkyl halides is 3. The molecule has 2 nitrogen and oxygen atoms in total. The number of nitriles is 1. The fourth-order valence-corrected chi connectivity index (χ4v) is 1.87. The van der Waals surface area contributed by atoms with Gasteiger partial charge in [-0.05, 0) is 19.1 Å². The van der Waals surface area contributed by atoms with Crippen molar-refractivity contribution in [1.82, 2.24) is 0 Å². The Hall–Kier alpha value is -1.35. The van der Waals surface area contributed by atoms with Crippen LogP contribution in [0.3, 0.4) is 0 Å². The number of nitrogens with zero attached hydrogens (tertiary/aromatic N) is 1. The number of benzene rings is 1. The number of halogens is 4. The number of Topliss-reactive ketones (excluding diaryl/α,β-unsaturated/α-hetero) is 1. The lowest BCUT2D eigenvalue weighted by molar-refractivity contribution is -0.138. The van der Waals surface area contributed by atoms with Gasteiger partial charge in [0.1, 0.15) is 0 Å². The molecular formula is C10H5BrF3NO. The maximum atomic E-state index is 12.6. The van der Waals surface area contributed by atoms with Crippen molar-refractivity contribution in [2.75, 3.05) is 0 Å². The van der Waals surface area contributed by atoms with Gasteiger partial charge in [0.15, 0.2) is 5.78 Å². The number of rotatable bonds is 1. The Kier molecular flexibility index (Phi) is 3.38. The van der Waals surface area contributed by atoms with Crippen LogP contribution in [0.2, 0.25) is 0 Å². The fourth-order valence-electron chi connectivity index (χ4n) is 1.19. The molecule has 0 unspecified atom stereocenters. The molecule has 1 aromatic rings. The summed E-state index contributed by atoms with van der Waals surface area (Å²) in [5.41, 5.74) is -1.55. The third-order valence-electron chi connectivity index (χ3n) is 1.90. The maximum Gasteiger partial charge on any atom is 0.418 e. The molecule has 0 radical (unpaired) electrons. The Balaban J connectivity index is 3.55. The summed E-state index contributed by atoms with van der Waals surface area (Å²) < 4.78 is 37.4. The molecule has 0 aliphatic rings. The number of hydrogen-bond donors (Lipinski definition) is 0. The van der Waals surface area contributed by atoms with Crippen molar-refractivity contribution < 1.29 is 18.0 Å². The van der Waals surface area contributed by atoms with Gasteiger partial charge in [-0.3, -0.25) is 4.79 Å². The number of carbonyl (C=O) groups is 1. The molecule has 84 valence electrons. The van der Waals surface area contributed by atoms with Gasteiger partial charge >= 0.3 is 6.18 Å². The highest BCUT2D eigenvalue weighted by atomic mass is 79.9. The fraction of sp³-hybridized carbons (Fsp3) is 0.200. The topological polar surface area (TPSA) is 40.9 Å². The van der Waals surface area contributed by atoms with Crippen LogP contribution < -0.4 is 0 Å². The molecule has 0 aliphatic heterocycles. The van der Waals surface area contributed by atoms with E-state index >= 15 is 0 Å². The molecule has 0 fully saturated rings. The van der Waals surface area contributed by atoms with Crippen LogP contribution >= 0.6 is 15.9 Å². The van der Waals surface area contributed by atoms with Crippen LogP contribution in [0.25, 0.3) is 0 Å². The van der Waals surface area contributed by atoms with Crippen molar-refractivity contribution in [1.29, 1.82) is 5.26 Å². The van der Waals surface area contributed by atoms with Gasteiger partial charge in [-0.25, -0.2) is 0 Å². The standard InChI is InChI=1S/C10H5BrF3NO/c1-5(16)6-2-7(4-15)9(8(11)3-6)10(12,13)14/h2-3H,1H3. The first kappa shape index (κ1) is 12.7. The summed E-state index contributed by atoms with van der Waals surface area (Å²) >= 11 is 2.72. The molecule has 0 aliphatic carbocycles. The van der Waals surface area contributed by atoms with Crippen molar-refractivity contribution in [3.63, 3.8) is 0 Å². The van der Waals surface area contributed by atoms with E-state index in [2.05, 4.69) is 15.9 Å². The Morgan fingerprint density at radius 1 is 1.44 bits per heavy atom. The summed E-state index contributed by atoms with van der Waals surface area (Å²) in [4.78, 5) is 11.0. The molecular weight excluding hydrogens is 287 g/mol. The SMILES string of the molecule is CC(=O)c1cc(Br)c(C(F)(F)F)c(C#N)c1. The zero-order chi connectivity index (χ0) is 12.5. The third-order valence-corrected chi connectivity index (χ3v) is 2.53. The molecule has 1 rings (SSSR count). The molecule has 0 saturated carbocycles. The van der Waals surface area contributed by atoms with E-state index in [0.717, 1.165) is 12.1 Å². The first-order valence-corrected chi connectivity index (χ1v) is 4.88. The minimum Gasteiger partial charge on any atom is -0.295 e. The molecule has 1 aromatic carbocycles. The summed E-state index contributed by atoms with van der Waals surface area (Å²) in [6.07, 6.45) is -4.63. The Bertz CT molecular complexity index is 488. The smallest absolute Gasteiger partial charge is 0.295 e. The van der Waals surface area contributed by atoms with Gasteiger partial charge in [-0.2, -0.15) is 18.4 Å². The van der Waals surface area contributed by atoms with Crippen LogP contribution in [0, 0.1) is 11.3 Å². The highest BCUT2D eigenvalue weighted by molar-refractivity contribution is 9.10. The van der Waals surface area contributed by atoms with Gasteiger partial charge < -0.3 is 0 Å². The van der Waals surface area contributed by atoms with Crippen LogP contribution in [-0.4, -0.2) is 5.78 Å². The van der Waals surface area contributed by atoms with Crippen molar-refractivity contribution in [2.24, 2.45) is 0 Å². The van der Waals surface area contributed by atoms with Crippen LogP contribution in [0.1, 0.15) is 28.4 Å². The lowest BCUT2D eigenvalue weighted by Gasteiger charge is -2.11. The predicted octanol–water partition coefficient (Wildman–Crippen LogP) is 3.54. The molecule has 0 bridgehead atoms. The molecule has 6 heteroatoms. The minimum atomic E-state index is -4.63. The van der Waals surface area contributed by atoms with Gasteiger partial charge in [0, 0.05) is 10.0 Å². The lowest BCUT2D eigenvalue weighted by Crippen LogP contribution is -2.10. The predicted molar refractivity (Wildman–Crippen MR) is 53.9 cm³/mol. The van der Waals surface area contributed by atoms with Crippen LogP contribution in [-0.2, 0) is 6.18 Å². The van der Waals surface area contributed by atoms with E-state index < -0.39 is 23.1 Å². The van der Waals surface area contributed by atoms with E-state index in [1.807, 2.05) is 0 Å². The Labute approximate surface area is 97.8 Å². The average Bonchev–Trinajstić information content (AvgIpc) is 2.14. The summed E-state index contributed by atoms with van der Waals surface area (Å²) in [6.45, 7) is 1.22. The molecule has 0 saturated heterocycles. The largest absolute Gasteiger partial charge is 0.418 e. The minimum absolute atomic E-state index is 0.0661. The highest BCUT2D eigenvalue weighted by Gasteiger charge is 2.36. The van der Waals surface area contributed by atoms with Crippen molar-refractivity contribution in [3.8, 4) is 6.07 Å². The second-order valence-corrected chi connectivity index (χ2v) is 3.90. The normalized spacial score (nSPS) is 11.0. The van der Waals surface area contributed by atoms with Gasteiger partial charge in [-0.1, -0.05) is 15.9 Å². The summed E-state index contributed by atoms with van der Waals surface area (Å²) in [7, 11) is 0. The number of hydrogen-bond acceptors (Lipinski definition) is 2. The van der Waals surface area contributed by atoms with Crippen LogP contribution in [0.5, 0.6) is 0 Å². The van der Waals surface area contributed by atoms with E-state index in [1.54, 1.807) is 0 Å². The molecule has 0 heterocycles. The Morgan fingerprint density at radius 2 is 2.00 bits per heavy atom. The van der Waals surface area contributed by atoms with E-state index in [-0.39, 0.29) is 10.0 Å². The first-order chi connectivity index (χ1) is 7.27. The number of carbonyl (C=O) groups excluding carboxylic acids is 1. The second kappa shape index (κ2) is 4.26. The monoisotopic (exact) mass is 291 g/mol. The molecule has 0 aromatic heterocycles. The molecule has 0 amide bonds. The van der Waals surface area contributed by atoms with Crippen LogP contribution in [0.15, 0.2) is 16.6 Å². The molecule has 0 atom stereocenters.